The van der Waals surface area contributed by atoms with Crippen LogP contribution in [0.5, 0.6) is 0 Å². The van der Waals surface area contributed by atoms with E-state index < -0.39 is 0 Å². The van der Waals surface area contributed by atoms with Gasteiger partial charge in [0.2, 0.25) is 0 Å². The maximum Gasteiger partial charge on any atom is 0.268 e. The maximum absolute atomic E-state index is 12.3. The van der Waals surface area contributed by atoms with Gasteiger partial charge in [0, 0.05) is 24.0 Å². The number of carbonyl (C=O) groups is 1. The van der Waals surface area contributed by atoms with E-state index in [2.05, 4.69) is 34.9 Å². The molecule has 2 aromatic rings. The number of aryl methyl sites for hydroxylation is 1. The van der Waals surface area contributed by atoms with Crippen LogP contribution in [0.25, 0.3) is 10.9 Å². The van der Waals surface area contributed by atoms with E-state index >= 15 is 0 Å². The topological polar surface area (TPSA) is 61.1 Å². The molecule has 0 spiro atoms. The number of hydrogen-bond donors (Lipinski definition) is 1. The van der Waals surface area contributed by atoms with Crippen LogP contribution in [0.4, 0.5) is 0 Å². The molecule has 1 N–H and O–H groups in total. The standard InChI is InChI=1S/C17H20N4O/c1-20(2)8-3-9-21-15-5-4-12(11-18)10-14(15)13-6-7-19-17(22)16(13)21/h4-5,10H,3,6-9H2,1-2H3,(H,19,22). The molecule has 2 heterocycles. The largest absolute Gasteiger partial charge is 0.350 e. The normalized spacial score (nSPS) is 14.0. The molecule has 0 saturated carbocycles. The van der Waals surface area contributed by atoms with Gasteiger partial charge < -0.3 is 14.8 Å². The van der Waals surface area contributed by atoms with Gasteiger partial charge in [0.05, 0.1) is 11.6 Å². The highest BCUT2D eigenvalue weighted by Gasteiger charge is 2.25. The lowest BCUT2D eigenvalue weighted by Crippen LogP contribution is -2.33. The Hall–Kier alpha value is -2.32. The highest BCUT2D eigenvalue weighted by molar-refractivity contribution is 6.03. The lowest BCUT2D eigenvalue weighted by atomic mass is 10.0. The molecule has 5 nitrogen and oxygen atoms in total. The van der Waals surface area contributed by atoms with Crippen molar-refractivity contribution in [2.24, 2.45) is 0 Å². The molecule has 0 radical (unpaired) electrons. The molecule has 1 aliphatic rings. The van der Waals surface area contributed by atoms with Crippen LogP contribution in [0.15, 0.2) is 18.2 Å². The van der Waals surface area contributed by atoms with Crippen LogP contribution in [0.3, 0.4) is 0 Å². The summed E-state index contributed by atoms with van der Waals surface area (Å²) in [6, 6.07) is 7.89. The van der Waals surface area contributed by atoms with E-state index in [1.54, 1.807) is 0 Å². The zero-order chi connectivity index (χ0) is 15.7. The third-order valence-corrected chi connectivity index (χ3v) is 4.16. The molecule has 1 aromatic heterocycles. The van der Waals surface area contributed by atoms with Crippen molar-refractivity contribution in [1.82, 2.24) is 14.8 Å². The molecule has 5 heteroatoms. The third-order valence-electron chi connectivity index (χ3n) is 4.16. The van der Waals surface area contributed by atoms with Gasteiger partial charge >= 0.3 is 0 Å². The Kier molecular flexibility index (Phi) is 3.86. The van der Waals surface area contributed by atoms with Gasteiger partial charge in [-0.1, -0.05) is 0 Å². The van der Waals surface area contributed by atoms with Crippen LogP contribution in [-0.4, -0.2) is 42.6 Å². The van der Waals surface area contributed by atoms with E-state index in [1.807, 2.05) is 18.2 Å². The second-order valence-corrected chi connectivity index (χ2v) is 5.99. The fraction of sp³-hybridized carbons (Fsp3) is 0.412. The minimum Gasteiger partial charge on any atom is -0.350 e. The number of hydrogen-bond acceptors (Lipinski definition) is 3. The van der Waals surface area contributed by atoms with Crippen molar-refractivity contribution in [2.45, 2.75) is 19.4 Å². The van der Waals surface area contributed by atoms with E-state index in [9.17, 15) is 4.79 Å². The van der Waals surface area contributed by atoms with Crippen molar-refractivity contribution in [3.63, 3.8) is 0 Å². The molecule has 0 unspecified atom stereocenters. The smallest absolute Gasteiger partial charge is 0.268 e. The summed E-state index contributed by atoms with van der Waals surface area (Å²) >= 11 is 0. The molecule has 22 heavy (non-hydrogen) atoms. The quantitative estimate of drug-likeness (QED) is 0.935. The van der Waals surface area contributed by atoms with Crippen molar-refractivity contribution in [2.75, 3.05) is 27.2 Å². The number of nitriles is 1. The van der Waals surface area contributed by atoms with E-state index in [-0.39, 0.29) is 5.91 Å². The van der Waals surface area contributed by atoms with Crippen molar-refractivity contribution in [3.8, 4) is 6.07 Å². The highest BCUT2D eigenvalue weighted by atomic mass is 16.2. The maximum atomic E-state index is 12.3. The van der Waals surface area contributed by atoms with Gasteiger partial charge in [0.15, 0.2) is 0 Å². The van der Waals surface area contributed by atoms with Crippen molar-refractivity contribution in [1.29, 1.82) is 5.26 Å². The molecule has 1 amide bonds. The molecule has 0 fully saturated rings. The molecule has 0 atom stereocenters. The van der Waals surface area contributed by atoms with Gasteiger partial charge in [-0.3, -0.25) is 4.79 Å². The first-order chi connectivity index (χ1) is 10.6. The summed E-state index contributed by atoms with van der Waals surface area (Å²) in [7, 11) is 4.10. The van der Waals surface area contributed by atoms with Crippen molar-refractivity contribution >= 4 is 16.8 Å². The zero-order valence-corrected chi connectivity index (χ0v) is 13.0. The molecule has 1 aromatic carbocycles. The number of amides is 1. The summed E-state index contributed by atoms with van der Waals surface area (Å²) in [5, 5.41) is 13.1. The second kappa shape index (κ2) is 5.82. The van der Waals surface area contributed by atoms with Gasteiger partial charge in [-0.15, -0.1) is 0 Å². The minimum absolute atomic E-state index is 0.000751. The SMILES string of the molecule is CN(C)CCCn1c2c(c3cc(C#N)ccc31)CCNC2=O. The molecule has 0 aliphatic carbocycles. The molecular formula is C17H20N4O. The summed E-state index contributed by atoms with van der Waals surface area (Å²) < 4.78 is 2.11. The number of carbonyl (C=O) groups excluding carboxylic acids is 1. The van der Waals surface area contributed by atoms with Crippen LogP contribution < -0.4 is 5.32 Å². The van der Waals surface area contributed by atoms with E-state index in [4.69, 9.17) is 5.26 Å². The number of fused-ring (bicyclic) bond motifs is 3. The average molecular weight is 296 g/mol. The Morgan fingerprint density at radius 1 is 1.41 bits per heavy atom. The average Bonchev–Trinajstić information content (AvgIpc) is 2.82. The number of nitrogens with zero attached hydrogens (tertiary/aromatic N) is 3. The highest BCUT2D eigenvalue weighted by Crippen LogP contribution is 2.29. The van der Waals surface area contributed by atoms with E-state index in [1.165, 1.54) is 0 Å². The van der Waals surface area contributed by atoms with Crippen LogP contribution in [0.2, 0.25) is 0 Å². The Morgan fingerprint density at radius 3 is 2.95 bits per heavy atom. The first kappa shape index (κ1) is 14.6. The Bertz CT molecular complexity index is 767. The predicted molar refractivity (Wildman–Crippen MR) is 85.9 cm³/mol. The fourth-order valence-corrected chi connectivity index (χ4v) is 3.17. The van der Waals surface area contributed by atoms with Crippen LogP contribution in [0.1, 0.15) is 28.0 Å². The van der Waals surface area contributed by atoms with Gasteiger partial charge in [0.25, 0.3) is 5.91 Å². The molecule has 114 valence electrons. The zero-order valence-electron chi connectivity index (χ0n) is 13.0. The number of nitrogens with one attached hydrogen (secondary N) is 1. The lowest BCUT2D eigenvalue weighted by Gasteiger charge is -2.17. The Morgan fingerprint density at radius 2 is 2.23 bits per heavy atom. The molecule has 1 aliphatic heterocycles. The third kappa shape index (κ3) is 2.46. The van der Waals surface area contributed by atoms with Gasteiger partial charge in [-0.05, 0) is 57.2 Å². The number of aromatic nitrogens is 1. The summed E-state index contributed by atoms with van der Waals surface area (Å²) in [5.41, 5.74) is 3.56. The summed E-state index contributed by atoms with van der Waals surface area (Å²) in [5.74, 6) is 0.000751. The number of rotatable bonds is 4. The Balaban J connectivity index is 2.11. The van der Waals surface area contributed by atoms with Crippen molar-refractivity contribution in [3.05, 3.63) is 35.0 Å². The van der Waals surface area contributed by atoms with Gasteiger partial charge in [0.1, 0.15) is 5.69 Å². The van der Waals surface area contributed by atoms with Crippen molar-refractivity contribution < 1.29 is 4.79 Å². The molecule has 0 bridgehead atoms. The molecular weight excluding hydrogens is 276 g/mol. The fourth-order valence-electron chi connectivity index (χ4n) is 3.17. The van der Waals surface area contributed by atoms with E-state index in [0.29, 0.717) is 12.1 Å². The first-order valence-electron chi connectivity index (χ1n) is 7.60. The van der Waals surface area contributed by atoms with Gasteiger partial charge in [-0.25, -0.2) is 0 Å². The Labute approximate surface area is 130 Å². The first-order valence-corrected chi connectivity index (χ1v) is 7.60. The minimum atomic E-state index is 0.000751. The van der Waals surface area contributed by atoms with Crippen LogP contribution in [0, 0.1) is 11.3 Å². The molecule has 3 rings (SSSR count). The van der Waals surface area contributed by atoms with Crippen LogP contribution in [-0.2, 0) is 13.0 Å². The lowest BCUT2D eigenvalue weighted by molar-refractivity contribution is 0.0936. The van der Waals surface area contributed by atoms with E-state index in [0.717, 1.165) is 48.1 Å². The molecule has 0 saturated heterocycles. The predicted octanol–water partition coefficient (Wildman–Crippen LogP) is 1.75. The summed E-state index contributed by atoms with van der Waals surface area (Å²) in [6.45, 7) is 2.45. The van der Waals surface area contributed by atoms with Gasteiger partial charge in [-0.2, -0.15) is 5.26 Å². The summed E-state index contributed by atoms with van der Waals surface area (Å²) in [6.07, 6.45) is 1.81. The number of benzene rings is 1. The monoisotopic (exact) mass is 296 g/mol. The van der Waals surface area contributed by atoms with Crippen LogP contribution >= 0.6 is 0 Å². The second-order valence-electron chi connectivity index (χ2n) is 5.99. The summed E-state index contributed by atoms with van der Waals surface area (Å²) in [4.78, 5) is 14.5.